The minimum Gasteiger partial charge on any atom is -0.488 e. The number of nitrogens with zero attached hydrogens (tertiary/aromatic N) is 1. The Morgan fingerprint density at radius 2 is 2.33 bits per heavy atom. The summed E-state index contributed by atoms with van der Waals surface area (Å²) in [6.45, 7) is 1.82. The smallest absolute Gasteiger partial charge is 0.145 e. The van der Waals surface area contributed by atoms with E-state index < -0.39 is 0 Å². The van der Waals surface area contributed by atoms with Gasteiger partial charge < -0.3 is 4.74 Å². The second-order valence-electron chi connectivity index (χ2n) is 3.05. The molecular weight excluding hydrogens is 157 g/mol. The zero-order valence-corrected chi connectivity index (χ0v) is 6.88. The number of hydrogen-bond donors (Lipinski definition) is 0. The molecule has 1 saturated carbocycles. The van der Waals surface area contributed by atoms with Crippen molar-refractivity contribution in [1.82, 2.24) is 4.98 Å². The van der Waals surface area contributed by atoms with Crippen molar-refractivity contribution < 1.29 is 9.13 Å². The van der Waals surface area contributed by atoms with Crippen molar-refractivity contribution in [1.29, 1.82) is 0 Å². The molecule has 0 amide bonds. The molecule has 0 aliphatic heterocycles. The minimum absolute atomic E-state index is 0.298. The summed E-state index contributed by atoms with van der Waals surface area (Å²) >= 11 is 0. The number of rotatable bonds is 2. The number of halogens is 1. The van der Waals surface area contributed by atoms with E-state index in [4.69, 9.17) is 4.74 Å². The molecular formula is C9H10FNO. The molecule has 1 aliphatic rings. The van der Waals surface area contributed by atoms with E-state index >= 15 is 0 Å². The molecule has 12 heavy (non-hydrogen) atoms. The maximum atomic E-state index is 12.7. The molecule has 1 fully saturated rings. The summed E-state index contributed by atoms with van der Waals surface area (Å²) in [6, 6.07) is 1.39. The Labute approximate surface area is 70.4 Å². The van der Waals surface area contributed by atoms with E-state index in [1.165, 1.54) is 12.3 Å². The Hall–Kier alpha value is -1.12. The van der Waals surface area contributed by atoms with Gasteiger partial charge in [-0.25, -0.2) is 4.39 Å². The summed E-state index contributed by atoms with van der Waals surface area (Å²) < 4.78 is 18.1. The lowest BCUT2D eigenvalue weighted by Crippen LogP contribution is -1.99. The van der Waals surface area contributed by atoms with E-state index in [0.29, 0.717) is 11.9 Å². The van der Waals surface area contributed by atoms with Gasteiger partial charge in [0, 0.05) is 6.07 Å². The molecule has 2 nitrogen and oxygen atoms in total. The zero-order chi connectivity index (χ0) is 8.55. The quantitative estimate of drug-likeness (QED) is 0.672. The second kappa shape index (κ2) is 2.73. The van der Waals surface area contributed by atoms with Crippen LogP contribution in [-0.2, 0) is 0 Å². The predicted molar refractivity (Wildman–Crippen MR) is 42.6 cm³/mol. The van der Waals surface area contributed by atoms with Crippen LogP contribution in [0.15, 0.2) is 12.3 Å². The lowest BCUT2D eigenvalue weighted by molar-refractivity contribution is 0.297. The first-order chi connectivity index (χ1) is 5.75. The van der Waals surface area contributed by atoms with E-state index in [9.17, 15) is 4.39 Å². The predicted octanol–water partition coefficient (Wildman–Crippen LogP) is 2.07. The first kappa shape index (κ1) is 7.53. The lowest BCUT2D eigenvalue weighted by atomic mass is 10.3. The Kier molecular flexibility index (Phi) is 1.71. The standard InChI is InChI=1S/C9H10FNO/c1-6-9(12-8-2-3-8)4-7(10)5-11-6/h4-5,8H,2-3H2,1H3. The van der Waals surface area contributed by atoms with Crippen LogP contribution >= 0.6 is 0 Å². The van der Waals surface area contributed by atoms with Crippen LogP contribution in [0.1, 0.15) is 18.5 Å². The highest BCUT2D eigenvalue weighted by molar-refractivity contribution is 5.26. The van der Waals surface area contributed by atoms with Crippen molar-refractivity contribution in [3.8, 4) is 5.75 Å². The molecule has 3 heteroatoms. The summed E-state index contributed by atoms with van der Waals surface area (Å²) in [4.78, 5) is 3.86. The number of hydrogen-bond acceptors (Lipinski definition) is 2. The van der Waals surface area contributed by atoms with Gasteiger partial charge in [0.1, 0.15) is 11.6 Å². The molecule has 0 saturated heterocycles. The van der Waals surface area contributed by atoms with Crippen LogP contribution in [0, 0.1) is 12.7 Å². The zero-order valence-electron chi connectivity index (χ0n) is 6.88. The maximum absolute atomic E-state index is 12.7. The third kappa shape index (κ3) is 1.55. The first-order valence-corrected chi connectivity index (χ1v) is 4.04. The molecule has 0 unspecified atom stereocenters. The summed E-state index contributed by atoms with van der Waals surface area (Å²) in [5, 5.41) is 0. The van der Waals surface area contributed by atoms with E-state index in [1.54, 1.807) is 0 Å². The van der Waals surface area contributed by atoms with Crippen LogP contribution in [0.25, 0.3) is 0 Å². The molecule has 1 heterocycles. The summed E-state index contributed by atoms with van der Waals surface area (Å²) in [6.07, 6.45) is 3.66. The second-order valence-corrected chi connectivity index (χ2v) is 3.05. The topological polar surface area (TPSA) is 22.1 Å². The highest BCUT2D eigenvalue weighted by atomic mass is 19.1. The monoisotopic (exact) mass is 167 g/mol. The van der Waals surface area contributed by atoms with Crippen LogP contribution in [0.3, 0.4) is 0 Å². The molecule has 0 radical (unpaired) electrons. The fourth-order valence-corrected chi connectivity index (χ4v) is 0.974. The average Bonchev–Trinajstić information content (AvgIpc) is 2.81. The molecule has 0 aromatic carbocycles. The fraction of sp³-hybridized carbons (Fsp3) is 0.444. The van der Waals surface area contributed by atoms with Crippen molar-refractivity contribution >= 4 is 0 Å². The molecule has 0 N–H and O–H groups in total. The van der Waals surface area contributed by atoms with Gasteiger partial charge >= 0.3 is 0 Å². The Balaban J connectivity index is 2.21. The highest BCUT2D eigenvalue weighted by Gasteiger charge is 2.24. The molecule has 1 aliphatic carbocycles. The van der Waals surface area contributed by atoms with Gasteiger partial charge in [0.25, 0.3) is 0 Å². The SMILES string of the molecule is Cc1ncc(F)cc1OC1CC1. The van der Waals surface area contributed by atoms with Crippen LogP contribution < -0.4 is 4.74 Å². The Morgan fingerprint density at radius 1 is 1.58 bits per heavy atom. The van der Waals surface area contributed by atoms with Gasteiger partial charge in [0.2, 0.25) is 0 Å². The van der Waals surface area contributed by atoms with Crippen molar-refractivity contribution in [3.63, 3.8) is 0 Å². The lowest BCUT2D eigenvalue weighted by Gasteiger charge is -2.05. The number of pyridine rings is 1. The number of aromatic nitrogens is 1. The molecule has 1 aromatic rings. The Morgan fingerprint density at radius 3 is 3.00 bits per heavy atom. The van der Waals surface area contributed by atoms with Gasteiger partial charge in [0.05, 0.1) is 18.0 Å². The molecule has 0 bridgehead atoms. The normalized spacial score (nSPS) is 16.2. The van der Waals surface area contributed by atoms with Gasteiger partial charge in [-0.1, -0.05) is 0 Å². The molecule has 0 spiro atoms. The maximum Gasteiger partial charge on any atom is 0.145 e. The number of aryl methyl sites for hydroxylation is 1. The van der Waals surface area contributed by atoms with E-state index in [-0.39, 0.29) is 5.82 Å². The molecule has 2 rings (SSSR count). The van der Waals surface area contributed by atoms with Crippen LogP contribution in [0.5, 0.6) is 5.75 Å². The van der Waals surface area contributed by atoms with Gasteiger partial charge in [-0.3, -0.25) is 4.98 Å². The number of ether oxygens (including phenoxy) is 1. The van der Waals surface area contributed by atoms with E-state index in [2.05, 4.69) is 4.98 Å². The van der Waals surface area contributed by atoms with E-state index in [0.717, 1.165) is 18.5 Å². The first-order valence-electron chi connectivity index (χ1n) is 4.04. The highest BCUT2D eigenvalue weighted by Crippen LogP contribution is 2.28. The van der Waals surface area contributed by atoms with Gasteiger partial charge in [-0.2, -0.15) is 0 Å². The van der Waals surface area contributed by atoms with Crippen LogP contribution in [0.2, 0.25) is 0 Å². The van der Waals surface area contributed by atoms with Crippen molar-refractivity contribution in [2.24, 2.45) is 0 Å². The summed E-state index contributed by atoms with van der Waals surface area (Å²) in [5.41, 5.74) is 0.753. The largest absolute Gasteiger partial charge is 0.488 e. The molecule has 64 valence electrons. The van der Waals surface area contributed by atoms with Crippen molar-refractivity contribution in [2.75, 3.05) is 0 Å². The molecule has 1 aromatic heterocycles. The average molecular weight is 167 g/mol. The summed E-state index contributed by atoms with van der Waals surface area (Å²) in [7, 11) is 0. The van der Waals surface area contributed by atoms with Crippen molar-refractivity contribution in [2.45, 2.75) is 25.9 Å². The fourth-order valence-electron chi connectivity index (χ4n) is 0.974. The third-order valence-corrected chi connectivity index (χ3v) is 1.83. The minimum atomic E-state index is -0.337. The Bertz CT molecular complexity index is 297. The summed E-state index contributed by atoms with van der Waals surface area (Å²) in [5.74, 6) is 0.244. The van der Waals surface area contributed by atoms with Gasteiger partial charge in [-0.05, 0) is 19.8 Å². The van der Waals surface area contributed by atoms with Crippen LogP contribution in [-0.4, -0.2) is 11.1 Å². The van der Waals surface area contributed by atoms with Crippen molar-refractivity contribution in [3.05, 3.63) is 23.8 Å². The van der Waals surface area contributed by atoms with Gasteiger partial charge in [-0.15, -0.1) is 0 Å². The molecule has 0 atom stereocenters. The van der Waals surface area contributed by atoms with E-state index in [1.807, 2.05) is 6.92 Å². The third-order valence-electron chi connectivity index (χ3n) is 1.83. The van der Waals surface area contributed by atoms with Crippen LogP contribution in [0.4, 0.5) is 4.39 Å². The van der Waals surface area contributed by atoms with Gasteiger partial charge in [0.15, 0.2) is 0 Å².